The lowest BCUT2D eigenvalue weighted by Gasteiger charge is -2.07. The van der Waals surface area contributed by atoms with Gasteiger partial charge in [0.25, 0.3) is 10.0 Å². The van der Waals surface area contributed by atoms with Gasteiger partial charge in [0, 0.05) is 0 Å². The summed E-state index contributed by atoms with van der Waals surface area (Å²) >= 11 is 0. The first kappa shape index (κ1) is 16.7. The fourth-order valence-electron chi connectivity index (χ4n) is 1.97. The molecule has 2 aromatic carbocycles. The minimum absolute atomic E-state index is 0.169. The van der Waals surface area contributed by atoms with Crippen LogP contribution in [0.15, 0.2) is 58.5 Å². The molecule has 0 saturated heterocycles. The SMILES string of the molecule is CC/C(=N\NS(=O)(=O)c1ccc(C)cc1)c1ccc(C#N)cc1. The first-order valence-electron chi connectivity index (χ1n) is 7.12. The Labute approximate surface area is 136 Å². The summed E-state index contributed by atoms with van der Waals surface area (Å²) in [4.78, 5) is 2.44. The van der Waals surface area contributed by atoms with Crippen LogP contribution in [0.3, 0.4) is 0 Å². The molecule has 0 unspecified atom stereocenters. The zero-order valence-corrected chi connectivity index (χ0v) is 13.8. The maximum Gasteiger partial charge on any atom is 0.276 e. The highest BCUT2D eigenvalue weighted by Crippen LogP contribution is 2.11. The van der Waals surface area contributed by atoms with Gasteiger partial charge in [0.2, 0.25) is 0 Å². The molecule has 0 aliphatic rings. The molecule has 0 bridgehead atoms. The van der Waals surface area contributed by atoms with E-state index in [9.17, 15) is 8.42 Å². The molecule has 2 aromatic rings. The maximum atomic E-state index is 12.2. The minimum Gasteiger partial charge on any atom is -0.200 e. The molecule has 1 N–H and O–H groups in total. The third-order valence-electron chi connectivity index (χ3n) is 3.31. The van der Waals surface area contributed by atoms with Gasteiger partial charge < -0.3 is 0 Å². The van der Waals surface area contributed by atoms with E-state index in [1.165, 1.54) is 0 Å². The molecule has 6 heteroatoms. The highest BCUT2D eigenvalue weighted by Gasteiger charge is 2.13. The molecule has 0 amide bonds. The van der Waals surface area contributed by atoms with E-state index in [4.69, 9.17) is 5.26 Å². The molecule has 0 spiro atoms. The van der Waals surface area contributed by atoms with Gasteiger partial charge in [0.15, 0.2) is 0 Å². The largest absolute Gasteiger partial charge is 0.276 e. The number of benzene rings is 2. The van der Waals surface area contributed by atoms with Gasteiger partial charge in [0.05, 0.1) is 22.2 Å². The lowest BCUT2D eigenvalue weighted by atomic mass is 10.1. The van der Waals surface area contributed by atoms with E-state index in [0.29, 0.717) is 17.7 Å². The number of aryl methyl sites for hydroxylation is 1. The van der Waals surface area contributed by atoms with E-state index in [2.05, 4.69) is 9.93 Å². The molecular formula is C17H17N3O2S. The molecule has 0 fully saturated rings. The predicted molar refractivity (Wildman–Crippen MR) is 89.5 cm³/mol. The van der Waals surface area contributed by atoms with Crippen molar-refractivity contribution < 1.29 is 8.42 Å². The number of hydrogen-bond acceptors (Lipinski definition) is 4. The van der Waals surface area contributed by atoms with Crippen LogP contribution in [0.1, 0.15) is 30.0 Å². The quantitative estimate of drug-likeness (QED) is 0.677. The van der Waals surface area contributed by atoms with Crippen LogP contribution in [0.4, 0.5) is 0 Å². The Morgan fingerprint density at radius 1 is 1.13 bits per heavy atom. The highest BCUT2D eigenvalue weighted by atomic mass is 32.2. The van der Waals surface area contributed by atoms with Crippen LogP contribution < -0.4 is 4.83 Å². The first-order valence-corrected chi connectivity index (χ1v) is 8.60. The standard InChI is InChI=1S/C17H17N3O2S/c1-3-17(15-8-6-14(12-18)7-9-15)19-20-23(21,22)16-10-4-13(2)5-11-16/h4-11,20H,3H2,1-2H3/b19-17+. The summed E-state index contributed by atoms with van der Waals surface area (Å²) in [5.41, 5.74) is 2.91. The van der Waals surface area contributed by atoms with Gasteiger partial charge in [-0.1, -0.05) is 36.8 Å². The highest BCUT2D eigenvalue weighted by molar-refractivity contribution is 7.89. The van der Waals surface area contributed by atoms with Crippen LogP contribution in [0.5, 0.6) is 0 Å². The van der Waals surface area contributed by atoms with Crippen LogP contribution in [-0.4, -0.2) is 14.1 Å². The molecule has 0 radical (unpaired) electrons. The summed E-state index contributed by atoms with van der Waals surface area (Å²) in [5.74, 6) is 0. The van der Waals surface area contributed by atoms with Crippen molar-refractivity contribution in [3.05, 3.63) is 65.2 Å². The number of hydrazone groups is 1. The van der Waals surface area contributed by atoms with Crippen molar-refractivity contribution in [3.8, 4) is 6.07 Å². The Morgan fingerprint density at radius 2 is 1.74 bits per heavy atom. The molecule has 0 aromatic heterocycles. The third kappa shape index (κ3) is 4.18. The van der Waals surface area contributed by atoms with Crippen LogP contribution >= 0.6 is 0 Å². The van der Waals surface area contributed by atoms with Gasteiger partial charge in [0.1, 0.15) is 0 Å². The summed E-state index contributed by atoms with van der Waals surface area (Å²) in [7, 11) is -3.69. The predicted octanol–water partition coefficient (Wildman–Crippen LogP) is 2.96. The minimum atomic E-state index is -3.69. The third-order valence-corrected chi connectivity index (χ3v) is 4.54. The topological polar surface area (TPSA) is 82.3 Å². The van der Waals surface area contributed by atoms with Gasteiger partial charge in [-0.15, -0.1) is 0 Å². The van der Waals surface area contributed by atoms with E-state index in [1.54, 1.807) is 48.5 Å². The summed E-state index contributed by atoms with van der Waals surface area (Å²) in [6.45, 7) is 3.78. The summed E-state index contributed by atoms with van der Waals surface area (Å²) in [6, 6.07) is 15.5. The monoisotopic (exact) mass is 327 g/mol. The van der Waals surface area contributed by atoms with Crippen molar-refractivity contribution >= 4 is 15.7 Å². The van der Waals surface area contributed by atoms with Gasteiger partial charge >= 0.3 is 0 Å². The van der Waals surface area contributed by atoms with E-state index in [1.807, 2.05) is 19.9 Å². The molecular weight excluding hydrogens is 310 g/mol. The number of sulfonamides is 1. The molecule has 2 rings (SSSR count). The summed E-state index contributed by atoms with van der Waals surface area (Å²) in [6.07, 6.45) is 0.558. The van der Waals surface area contributed by atoms with Gasteiger partial charge in [-0.05, 0) is 43.2 Å². The molecule has 0 saturated carbocycles. The van der Waals surface area contributed by atoms with Crippen LogP contribution in [0.2, 0.25) is 0 Å². The van der Waals surface area contributed by atoms with Crippen molar-refractivity contribution in [2.45, 2.75) is 25.2 Å². The maximum absolute atomic E-state index is 12.2. The average molecular weight is 327 g/mol. The van der Waals surface area contributed by atoms with Crippen molar-refractivity contribution in [1.82, 2.24) is 4.83 Å². The Morgan fingerprint density at radius 3 is 2.26 bits per heavy atom. The van der Waals surface area contributed by atoms with Crippen molar-refractivity contribution in [3.63, 3.8) is 0 Å². The molecule has 118 valence electrons. The second-order valence-electron chi connectivity index (χ2n) is 5.01. The van der Waals surface area contributed by atoms with Crippen LogP contribution in [0.25, 0.3) is 0 Å². The van der Waals surface area contributed by atoms with E-state index < -0.39 is 10.0 Å². The molecule has 0 aliphatic carbocycles. The van der Waals surface area contributed by atoms with Crippen molar-refractivity contribution in [1.29, 1.82) is 5.26 Å². The molecule has 0 aliphatic heterocycles. The average Bonchev–Trinajstić information content (AvgIpc) is 2.56. The number of nitrogens with one attached hydrogen (secondary N) is 1. The Bertz CT molecular complexity index is 846. The van der Waals surface area contributed by atoms with E-state index in [0.717, 1.165) is 11.1 Å². The van der Waals surface area contributed by atoms with Crippen molar-refractivity contribution in [2.75, 3.05) is 0 Å². The van der Waals surface area contributed by atoms with Crippen LogP contribution in [-0.2, 0) is 10.0 Å². The molecule has 5 nitrogen and oxygen atoms in total. The number of nitrogens with zero attached hydrogens (tertiary/aromatic N) is 2. The molecule has 0 heterocycles. The summed E-state index contributed by atoms with van der Waals surface area (Å²) < 4.78 is 24.5. The van der Waals surface area contributed by atoms with Crippen molar-refractivity contribution in [2.24, 2.45) is 5.10 Å². The fraction of sp³-hybridized carbons (Fsp3) is 0.176. The van der Waals surface area contributed by atoms with Gasteiger partial charge in [-0.25, -0.2) is 0 Å². The zero-order valence-electron chi connectivity index (χ0n) is 12.9. The number of nitriles is 1. The van der Waals surface area contributed by atoms with Gasteiger partial charge in [-0.2, -0.15) is 23.6 Å². The Balaban J connectivity index is 2.24. The smallest absolute Gasteiger partial charge is 0.200 e. The molecule has 0 atom stereocenters. The zero-order chi connectivity index (χ0) is 16.9. The van der Waals surface area contributed by atoms with E-state index in [-0.39, 0.29) is 4.90 Å². The Kier molecular flexibility index (Phi) is 5.14. The second kappa shape index (κ2) is 7.07. The lowest BCUT2D eigenvalue weighted by molar-refractivity contribution is 0.584. The first-order chi connectivity index (χ1) is 11.0. The van der Waals surface area contributed by atoms with Gasteiger partial charge in [-0.3, -0.25) is 0 Å². The van der Waals surface area contributed by atoms with E-state index >= 15 is 0 Å². The normalized spacial score (nSPS) is 11.8. The van der Waals surface area contributed by atoms with Crippen LogP contribution in [0, 0.1) is 18.3 Å². The second-order valence-corrected chi connectivity index (χ2v) is 6.67. The number of hydrogen-bond donors (Lipinski definition) is 1. The fourth-order valence-corrected chi connectivity index (χ4v) is 2.80. The summed E-state index contributed by atoms with van der Waals surface area (Å²) in [5, 5.41) is 12.8. The number of rotatable bonds is 5. The Hall–Kier alpha value is -2.65. The molecule has 23 heavy (non-hydrogen) atoms. The lowest BCUT2D eigenvalue weighted by Crippen LogP contribution is -2.20.